The number of hydrogen-bond acceptors (Lipinski definition) is 5. The van der Waals surface area contributed by atoms with Crippen LogP contribution < -0.4 is 0 Å². The van der Waals surface area contributed by atoms with Crippen LogP contribution in [0.15, 0.2) is 0 Å². The standard InChI is InChI=1S/C12H16O5/c1-6-4-7(5-6)9(13)8-10(14)16-12(2,3)17-11(8)15/h6-8H,4-5H2,1-3H3. The van der Waals surface area contributed by atoms with Crippen molar-refractivity contribution in [2.75, 3.05) is 0 Å². The maximum absolute atomic E-state index is 12.0. The van der Waals surface area contributed by atoms with Gasteiger partial charge in [0.05, 0.1) is 0 Å². The van der Waals surface area contributed by atoms with Gasteiger partial charge in [-0.2, -0.15) is 0 Å². The molecule has 0 spiro atoms. The third kappa shape index (κ3) is 2.18. The summed E-state index contributed by atoms with van der Waals surface area (Å²) in [6.07, 6.45) is 1.47. The summed E-state index contributed by atoms with van der Waals surface area (Å²) in [6.45, 7) is 4.97. The number of ketones is 1. The van der Waals surface area contributed by atoms with Crippen molar-refractivity contribution in [2.45, 2.75) is 39.4 Å². The van der Waals surface area contributed by atoms with Crippen molar-refractivity contribution in [1.82, 2.24) is 0 Å². The molecule has 2 aliphatic rings. The molecule has 0 N–H and O–H groups in total. The second kappa shape index (κ2) is 3.82. The van der Waals surface area contributed by atoms with Crippen LogP contribution >= 0.6 is 0 Å². The van der Waals surface area contributed by atoms with E-state index in [0.717, 1.165) is 12.8 Å². The van der Waals surface area contributed by atoms with Crippen molar-refractivity contribution in [3.8, 4) is 0 Å². The van der Waals surface area contributed by atoms with Crippen LogP contribution in [-0.2, 0) is 23.9 Å². The monoisotopic (exact) mass is 240 g/mol. The molecular weight excluding hydrogens is 224 g/mol. The first-order chi connectivity index (χ1) is 7.80. The summed E-state index contributed by atoms with van der Waals surface area (Å²) in [5.41, 5.74) is 0. The maximum Gasteiger partial charge on any atom is 0.331 e. The van der Waals surface area contributed by atoms with Crippen LogP contribution in [0.3, 0.4) is 0 Å². The summed E-state index contributed by atoms with van der Waals surface area (Å²) in [5.74, 6) is -4.27. The fourth-order valence-corrected chi connectivity index (χ4v) is 2.32. The molecule has 94 valence electrons. The third-order valence-electron chi connectivity index (χ3n) is 3.22. The molecule has 0 atom stereocenters. The van der Waals surface area contributed by atoms with Crippen LogP contribution in [0.4, 0.5) is 0 Å². The number of rotatable bonds is 2. The van der Waals surface area contributed by atoms with Gasteiger partial charge in [0.1, 0.15) is 0 Å². The first kappa shape index (κ1) is 12.1. The molecule has 0 aromatic carbocycles. The van der Waals surface area contributed by atoms with Gasteiger partial charge in [-0.25, -0.2) is 0 Å². The van der Waals surface area contributed by atoms with Gasteiger partial charge in [-0.05, 0) is 18.8 Å². The molecule has 1 aliphatic heterocycles. The van der Waals surface area contributed by atoms with E-state index < -0.39 is 23.6 Å². The smallest absolute Gasteiger partial charge is 0.331 e. The van der Waals surface area contributed by atoms with Gasteiger partial charge >= 0.3 is 11.9 Å². The Morgan fingerprint density at radius 3 is 2.06 bits per heavy atom. The van der Waals surface area contributed by atoms with Crippen LogP contribution in [0.25, 0.3) is 0 Å². The first-order valence-electron chi connectivity index (χ1n) is 5.79. The van der Waals surface area contributed by atoms with Crippen LogP contribution in [0.2, 0.25) is 0 Å². The first-order valence-corrected chi connectivity index (χ1v) is 5.79. The number of carbonyl (C=O) groups excluding carboxylic acids is 3. The largest absolute Gasteiger partial charge is 0.422 e. The SMILES string of the molecule is CC1CC(C(=O)C2C(=O)OC(C)(C)OC2=O)C1. The molecule has 0 bridgehead atoms. The Hall–Kier alpha value is -1.39. The van der Waals surface area contributed by atoms with E-state index in [1.807, 2.05) is 6.92 Å². The van der Waals surface area contributed by atoms with Crippen molar-refractivity contribution in [3.05, 3.63) is 0 Å². The van der Waals surface area contributed by atoms with Crippen LogP contribution in [0.5, 0.6) is 0 Å². The molecule has 17 heavy (non-hydrogen) atoms. The second-order valence-electron chi connectivity index (χ2n) is 5.35. The number of ether oxygens (including phenoxy) is 2. The maximum atomic E-state index is 12.0. The fraction of sp³-hybridized carbons (Fsp3) is 0.750. The highest BCUT2D eigenvalue weighted by molar-refractivity contribution is 6.16. The van der Waals surface area contributed by atoms with E-state index in [4.69, 9.17) is 9.47 Å². The Bertz CT molecular complexity index is 358. The molecule has 1 saturated carbocycles. The van der Waals surface area contributed by atoms with E-state index in [2.05, 4.69) is 0 Å². The van der Waals surface area contributed by atoms with Gasteiger partial charge in [0.25, 0.3) is 5.79 Å². The second-order valence-corrected chi connectivity index (χ2v) is 5.35. The minimum atomic E-state index is -1.37. The van der Waals surface area contributed by atoms with E-state index >= 15 is 0 Å². The van der Waals surface area contributed by atoms with E-state index in [1.54, 1.807) is 0 Å². The zero-order valence-electron chi connectivity index (χ0n) is 10.2. The zero-order valence-corrected chi connectivity index (χ0v) is 10.2. The lowest BCUT2D eigenvalue weighted by atomic mass is 9.71. The van der Waals surface area contributed by atoms with Crippen LogP contribution in [0.1, 0.15) is 33.6 Å². The van der Waals surface area contributed by atoms with E-state index in [-0.39, 0.29) is 11.7 Å². The lowest BCUT2D eigenvalue weighted by Gasteiger charge is -2.36. The number of hydrogen-bond donors (Lipinski definition) is 0. The Balaban J connectivity index is 2.08. The highest BCUT2D eigenvalue weighted by Crippen LogP contribution is 2.37. The average molecular weight is 240 g/mol. The van der Waals surface area contributed by atoms with Crippen molar-refractivity contribution in [1.29, 1.82) is 0 Å². The number of Topliss-reactive ketones (excluding diaryl/α,β-unsaturated/α-hetero) is 1. The van der Waals surface area contributed by atoms with Gasteiger partial charge < -0.3 is 9.47 Å². The van der Waals surface area contributed by atoms with E-state index in [0.29, 0.717) is 5.92 Å². The Morgan fingerprint density at radius 2 is 1.65 bits per heavy atom. The minimum Gasteiger partial charge on any atom is -0.422 e. The Morgan fingerprint density at radius 1 is 1.18 bits per heavy atom. The molecule has 0 radical (unpaired) electrons. The van der Waals surface area contributed by atoms with Gasteiger partial charge in [-0.3, -0.25) is 14.4 Å². The summed E-state index contributed by atoms with van der Waals surface area (Å²) in [4.78, 5) is 35.2. The molecule has 0 aromatic heterocycles. The molecule has 2 fully saturated rings. The summed E-state index contributed by atoms with van der Waals surface area (Å²) >= 11 is 0. The van der Waals surface area contributed by atoms with Gasteiger partial charge in [0.15, 0.2) is 5.78 Å². The molecule has 5 nitrogen and oxygen atoms in total. The minimum absolute atomic E-state index is 0.198. The molecule has 1 aliphatic carbocycles. The van der Waals surface area contributed by atoms with Gasteiger partial charge in [0.2, 0.25) is 5.92 Å². The zero-order chi connectivity index (χ0) is 12.8. The summed E-state index contributed by atoms with van der Waals surface area (Å²) in [5, 5.41) is 0. The Kier molecular flexibility index (Phi) is 2.72. The number of carbonyl (C=O) groups is 3. The summed E-state index contributed by atoms with van der Waals surface area (Å²) in [6, 6.07) is 0. The number of cyclic esters (lactones) is 2. The quantitative estimate of drug-likeness (QED) is 0.533. The third-order valence-corrected chi connectivity index (χ3v) is 3.22. The topological polar surface area (TPSA) is 69.7 Å². The van der Waals surface area contributed by atoms with Crippen molar-refractivity contribution in [2.24, 2.45) is 17.8 Å². The number of esters is 2. The summed E-state index contributed by atoms with van der Waals surface area (Å²) in [7, 11) is 0. The molecule has 0 amide bonds. The van der Waals surface area contributed by atoms with Gasteiger partial charge in [-0.15, -0.1) is 0 Å². The van der Waals surface area contributed by atoms with Crippen molar-refractivity contribution < 1.29 is 23.9 Å². The average Bonchev–Trinajstić information content (AvgIpc) is 2.09. The molecule has 0 unspecified atom stereocenters. The van der Waals surface area contributed by atoms with E-state index in [1.165, 1.54) is 13.8 Å². The normalized spacial score (nSPS) is 32.4. The molecule has 1 heterocycles. The Labute approximate surface area is 99.5 Å². The lowest BCUT2D eigenvalue weighted by Crippen LogP contribution is -2.51. The van der Waals surface area contributed by atoms with Crippen molar-refractivity contribution in [3.63, 3.8) is 0 Å². The molecular formula is C12H16O5. The lowest BCUT2D eigenvalue weighted by molar-refractivity contribution is -0.238. The molecule has 2 rings (SSSR count). The highest BCUT2D eigenvalue weighted by Gasteiger charge is 2.50. The van der Waals surface area contributed by atoms with Crippen molar-refractivity contribution >= 4 is 17.7 Å². The molecule has 1 saturated heterocycles. The van der Waals surface area contributed by atoms with Gasteiger partial charge in [0, 0.05) is 19.8 Å². The summed E-state index contributed by atoms with van der Waals surface area (Å²) < 4.78 is 9.84. The fourth-order valence-electron chi connectivity index (χ4n) is 2.32. The van der Waals surface area contributed by atoms with E-state index in [9.17, 15) is 14.4 Å². The van der Waals surface area contributed by atoms with Crippen LogP contribution in [-0.4, -0.2) is 23.5 Å². The molecule has 0 aromatic rings. The predicted octanol–water partition coefficient (Wildman–Crippen LogP) is 1.05. The highest BCUT2D eigenvalue weighted by atomic mass is 16.7. The molecule has 5 heteroatoms. The van der Waals surface area contributed by atoms with Crippen LogP contribution in [0, 0.1) is 17.8 Å². The van der Waals surface area contributed by atoms with Gasteiger partial charge in [-0.1, -0.05) is 6.92 Å². The predicted molar refractivity (Wildman–Crippen MR) is 56.6 cm³/mol.